The number of rotatable bonds is 9. The van der Waals surface area contributed by atoms with Crippen LogP contribution >= 0.6 is 0 Å². The second-order valence-electron chi connectivity index (χ2n) is 10.6. The summed E-state index contributed by atoms with van der Waals surface area (Å²) in [5.41, 5.74) is 3.77. The summed E-state index contributed by atoms with van der Waals surface area (Å²) < 4.78 is 11.4. The monoisotopic (exact) mass is 527 g/mol. The molecule has 1 unspecified atom stereocenters. The Morgan fingerprint density at radius 1 is 0.923 bits per heavy atom. The molecule has 1 amide bonds. The van der Waals surface area contributed by atoms with Crippen molar-refractivity contribution >= 4 is 23.1 Å². The van der Waals surface area contributed by atoms with Crippen LogP contribution in [0.4, 0.5) is 5.69 Å². The van der Waals surface area contributed by atoms with Crippen molar-refractivity contribution < 1.29 is 24.2 Å². The Bertz CT molecular complexity index is 1370. The van der Waals surface area contributed by atoms with Crippen molar-refractivity contribution in [1.82, 2.24) is 0 Å². The molecule has 204 valence electrons. The highest BCUT2D eigenvalue weighted by Crippen LogP contribution is 2.43. The van der Waals surface area contributed by atoms with Crippen molar-refractivity contribution in [2.24, 2.45) is 5.92 Å². The van der Waals surface area contributed by atoms with Crippen molar-refractivity contribution in [1.29, 1.82) is 0 Å². The molecule has 39 heavy (non-hydrogen) atoms. The van der Waals surface area contributed by atoms with Crippen molar-refractivity contribution in [3.05, 3.63) is 94.6 Å². The van der Waals surface area contributed by atoms with Gasteiger partial charge >= 0.3 is 0 Å². The lowest BCUT2D eigenvalue weighted by atomic mass is 9.92. The fraction of sp³-hybridized carbons (Fsp3) is 0.333. The maximum Gasteiger partial charge on any atom is 0.300 e. The number of hydrogen-bond donors (Lipinski definition) is 1. The van der Waals surface area contributed by atoms with Crippen molar-refractivity contribution in [3.63, 3.8) is 0 Å². The molecule has 0 aliphatic carbocycles. The van der Waals surface area contributed by atoms with Gasteiger partial charge in [-0.1, -0.05) is 52.0 Å². The Morgan fingerprint density at radius 3 is 2.15 bits per heavy atom. The number of carbonyl (C=O) groups is 2. The van der Waals surface area contributed by atoms with E-state index in [4.69, 9.17) is 9.47 Å². The molecular formula is C33H37NO5. The van der Waals surface area contributed by atoms with E-state index in [9.17, 15) is 14.7 Å². The number of benzene rings is 3. The van der Waals surface area contributed by atoms with Gasteiger partial charge in [-0.05, 0) is 84.8 Å². The first-order chi connectivity index (χ1) is 18.6. The van der Waals surface area contributed by atoms with Crippen LogP contribution in [0.15, 0.2) is 72.3 Å². The van der Waals surface area contributed by atoms with Gasteiger partial charge in [0.05, 0.1) is 24.8 Å². The molecule has 1 atom stereocenters. The molecule has 1 N–H and O–H groups in total. The lowest BCUT2D eigenvalue weighted by molar-refractivity contribution is -0.132. The van der Waals surface area contributed by atoms with Crippen LogP contribution in [0, 0.1) is 12.8 Å². The lowest BCUT2D eigenvalue weighted by Crippen LogP contribution is -2.29. The number of aryl methyl sites for hydroxylation is 1. The van der Waals surface area contributed by atoms with Gasteiger partial charge in [-0.2, -0.15) is 0 Å². The zero-order chi connectivity index (χ0) is 28.3. The molecule has 0 saturated carbocycles. The largest absolute Gasteiger partial charge is 0.507 e. The quantitative estimate of drug-likeness (QED) is 0.181. The highest BCUT2D eigenvalue weighted by Gasteiger charge is 2.47. The molecular weight excluding hydrogens is 490 g/mol. The van der Waals surface area contributed by atoms with Crippen LogP contribution in [0.2, 0.25) is 0 Å². The number of aliphatic hydroxyl groups is 1. The van der Waals surface area contributed by atoms with Crippen molar-refractivity contribution in [2.75, 3.05) is 18.1 Å². The average molecular weight is 528 g/mol. The lowest BCUT2D eigenvalue weighted by Gasteiger charge is -2.26. The third kappa shape index (κ3) is 5.85. The van der Waals surface area contributed by atoms with E-state index in [1.165, 1.54) is 4.90 Å². The number of nitrogens with zero attached hydrogens (tertiary/aromatic N) is 1. The Labute approximate surface area is 230 Å². The van der Waals surface area contributed by atoms with Crippen LogP contribution in [0.5, 0.6) is 11.5 Å². The molecule has 1 aliphatic heterocycles. The molecule has 1 aliphatic rings. The Balaban J connectivity index is 1.83. The summed E-state index contributed by atoms with van der Waals surface area (Å²) in [5, 5.41) is 11.5. The van der Waals surface area contributed by atoms with Gasteiger partial charge in [-0.25, -0.2) is 0 Å². The Morgan fingerprint density at radius 2 is 1.59 bits per heavy atom. The van der Waals surface area contributed by atoms with E-state index >= 15 is 0 Å². The summed E-state index contributed by atoms with van der Waals surface area (Å²) in [5.74, 6) is 0.471. The molecule has 1 heterocycles. The SMILES string of the molecule is CCOc1ccc(N2C(=O)C(=O)/C(=C(\O)c3ccc(OCC(C)C)c(C)c3)C2c2ccc(C(C)C)cc2)cc1. The smallest absolute Gasteiger partial charge is 0.300 e. The molecule has 4 rings (SSSR count). The van der Waals surface area contributed by atoms with Gasteiger partial charge in [-0.3, -0.25) is 14.5 Å². The van der Waals surface area contributed by atoms with Crippen molar-refractivity contribution in [2.45, 2.75) is 53.5 Å². The molecule has 1 saturated heterocycles. The molecule has 3 aromatic carbocycles. The number of aliphatic hydroxyl groups excluding tert-OH is 1. The van der Waals surface area contributed by atoms with Gasteiger partial charge < -0.3 is 14.6 Å². The van der Waals surface area contributed by atoms with E-state index < -0.39 is 17.7 Å². The maximum absolute atomic E-state index is 13.5. The third-order valence-electron chi connectivity index (χ3n) is 6.81. The average Bonchev–Trinajstić information content (AvgIpc) is 3.18. The molecule has 0 bridgehead atoms. The van der Waals surface area contributed by atoms with Crippen LogP contribution in [0.1, 0.15) is 68.8 Å². The minimum atomic E-state index is -0.790. The Kier molecular flexibility index (Phi) is 8.44. The van der Waals surface area contributed by atoms with E-state index in [1.807, 2.05) is 38.1 Å². The van der Waals surface area contributed by atoms with Gasteiger partial charge in [0, 0.05) is 11.3 Å². The van der Waals surface area contributed by atoms with E-state index in [0.717, 1.165) is 22.4 Å². The predicted molar refractivity (Wildman–Crippen MR) is 154 cm³/mol. The van der Waals surface area contributed by atoms with Gasteiger partial charge in [0.2, 0.25) is 0 Å². The number of anilines is 1. The molecule has 0 aromatic heterocycles. The van der Waals surface area contributed by atoms with Gasteiger partial charge in [-0.15, -0.1) is 0 Å². The number of ketones is 1. The minimum Gasteiger partial charge on any atom is -0.507 e. The molecule has 0 radical (unpaired) electrons. The molecule has 6 heteroatoms. The number of Topliss-reactive ketones (excluding diaryl/α,β-unsaturated/α-hetero) is 1. The predicted octanol–water partition coefficient (Wildman–Crippen LogP) is 7.18. The second-order valence-corrected chi connectivity index (χ2v) is 10.6. The zero-order valence-corrected chi connectivity index (χ0v) is 23.5. The van der Waals surface area contributed by atoms with Crippen LogP contribution in [-0.4, -0.2) is 30.0 Å². The molecule has 6 nitrogen and oxygen atoms in total. The molecule has 0 spiro atoms. The number of hydrogen-bond acceptors (Lipinski definition) is 5. The summed E-state index contributed by atoms with van der Waals surface area (Å²) in [7, 11) is 0. The van der Waals surface area contributed by atoms with Crippen molar-refractivity contribution in [3.8, 4) is 11.5 Å². The Hall–Kier alpha value is -4.06. The fourth-order valence-corrected chi connectivity index (χ4v) is 4.72. The molecule has 1 fully saturated rings. The highest BCUT2D eigenvalue weighted by atomic mass is 16.5. The first kappa shape index (κ1) is 28.0. The number of amides is 1. The topological polar surface area (TPSA) is 76.1 Å². The zero-order valence-electron chi connectivity index (χ0n) is 23.5. The van der Waals surface area contributed by atoms with Crippen LogP contribution < -0.4 is 14.4 Å². The maximum atomic E-state index is 13.5. The van der Waals surface area contributed by atoms with E-state index in [-0.39, 0.29) is 11.3 Å². The summed E-state index contributed by atoms with van der Waals surface area (Å²) in [6.07, 6.45) is 0. The van der Waals surface area contributed by atoms with Gasteiger partial charge in [0.1, 0.15) is 17.3 Å². The summed E-state index contributed by atoms with van der Waals surface area (Å²) in [6.45, 7) is 13.3. The van der Waals surface area contributed by atoms with Gasteiger partial charge in [0.25, 0.3) is 11.7 Å². The highest BCUT2D eigenvalue weighted by molar-refractivity contribution is 6.51. The van der Waals surface area contributed by atoms with Crippen LogP contribution in [-0.2, 0) is 9.59 Å². The van der Waals surface area contributed by atoms with Crippen LogP contribution in [0.25, 0.3) is 5.76 Å². The summed E-state index contributed by atoms with van der Waals surface area (Å²) >= 11 is 0. The van der Waals surface area contributed by atoms with Gasteiger partial charge in [0.15, 0.2) is 0 Å². The fourth-order valence-electron chi connectivity index (χ4n) is 4.72. The minimum absolute atomic E-state index is 0.0569. The molecule has 3 aromatic rings. The first-order valence-electron chi connectivity index (χ1n) is 13.5. The standard InChI is InChI=1S/C33H37NO5/c1-7-38-27-15-13-26(14-16-27)34-30(24-10-8-23(9-11-24)21(4)5)29(32(36)33(34)37)31(35)25-12-17-28(22(6)18-25)39-19-20(2)3/h8-18,20-21,30,35H,7,19H2,1-6H3/b31-29-. The number of carbonyl (C=O) groups excluding carboxylic acids is 2. The number of ether oxygens (including phenoxy) is 2. The van der Waals surface area contributed by atoms with E-state index in [1.54, 1.807) is 42.5 Å². The second kappa shape index (κ2) is 11.8. The third-order valence-corrected chi connectivity index (χ3v) is 6.81. The summed E-state index contributed by atoms with van der Waals surface area (Å²) in [6, 6.07) is 19.4. The first-order valence-corrected chi connectivity index (χ1v) is 13.5. The van der Waals surface area contributed by atoms with Crippen LogP contribution in [0.3, 0.4) is 0 Å². The summed E-state index contributed by atoms with van der Waals surface area (Å²) in [4.78, 5) is 28.4. The van der Waals surface area contributed by atoms with E-state index in [0.29, 0.717) is 42.0 Å². The van der Waals surface area contributed by atoms with E-state index in [2.05, 4.69) is 27.7 Å². The normalized spacial score (nSPS) is 16.8.